The van der Waals surface area contributed by atoms with E-state index in [2.05, 4.69) is 12.0 Å². The summed E-state index contributed by atoms with van der Waals surface area (Å²) < 4.78 is 104. The van der Waals surface area contributed by atoms with E-state index in [1.807, 2.05) is 0 Å². The Morgan fingerprint density at radius 2 is 0.864 bits per heavy atom. The molecule has 2 aromatic carbocycles. The number of hydrogen-bond acceptors (Lipinski definition) is 0. The Hall–Kier alpha value is -0.718. The normalized spacial score (nSPS) is 11.0. The fraction of sp³-hybridized carbons (Fsp3) is 0. The van der Waals surface area contributed by atoms with Crippen molar-refractivity contribution < 1.29 is 35.1 Å². The molecule has 0 amide bonds. The predicted molar refractivity (Wildman–Crippen MR) is 66.5 cm³/mol. The van der Waals surface area contributed by atoms with E-state index in [0.717, 1.165) is 0 Å². The first kappa shape index (κ1) is 17.6. The van der Waals surface area contributed by atoms with Gasteiger partial charge in [0, 0.05) is 0 Å². The van der Waals surface area contributed by atoms with Gasteiger partial charge in [-0.05, 0) is 0 Å². The number of rotatable bonds is 2. The average Bonchev–Trinajstić information content (AvgIpc) is 2.49. The molecule has 0 spiro atoms. The second-order valence-electron chi connectivity index (χ2n) is 4.14. The molecule has 0 atom stereocenters. The van der Waals surface area contributed by atoms with Gasteiger partial charge in [-0.1, -0.05) is 0 Å². The van der Waals surface area contributed by atoms with E-state index < -0.39 is 73.1 Å². The number of halogens is 9. The molecule has 0 nitrogen and oxygen atoms in total. The molecule has 2 rings (SSSR count). The molecule has 2 aromatic rings. The second kappa shape index (κ2) is 6.42. The Balaban J connectivity index is 2.66. The molecular formula is C12H2BrF8Tl. The summed E-state index contributed by atoms with van der Waals surface area (Å²) in [6.45, 7) is 0. The van der Waals surface area contributed by atoms with Gasteiger partial charge in [0.25, 0.3) is 0 Å². The third-order valence-corrected chi connectivity index (χ3v) is 19.0. The average molecular weight is 582 g/mol. The van der Waals surface area contributed by atoms with E-state index in [-0.39, 0.29) is 12.1 Å². The standard InChI is InChI=1S/2C6HF4.BrH.Tl/c2*7-3-1-2-4(8)6(10)5(3)9;;/h2*1H;1H;/q;;;+1/p-1. The summed E-state index contributed by atoms with van der Waals surface area (Å²) in [6, 6.07) is 0.570. The quantitative estimate of drug-likeness (QED) is 0.221. The fourth-order valence-electron chi connectivity index (χ4n) is 1.72. The van der Waals surface area contributed by atoms with Gasteiger partial charge in [-0.15, -0.1) is 0 Å². The van der Waals surface area contributed by atoms with Gasteiger partial charge in [-0.25, -0.2) is 0 Å². The van der Waals surface area contributed by atoms with Crippen molar-refractivity contribution in [2.75, 3.05) is 0 Å². The van der Waals surface area contributed by atoms with Crippen LogP contribution in [0.2, 0.25) is 0 Å². The van der Waals surface area contributed by atoms with Crippen molar-refractivity contribution in [1.82, 2.24) is 0 Å². The molecule has 0 fully saturated rings. The Bertz CT molecular complexity index is 700. The number of benzene rings is 2. The van der Waals surface area contributed by atoms with Crippen LogP contribution in [0.4, 0.5) is 35.1 Å². The molecule has 0 saturated carbocycles. The van der Waals surface area contributed by atoms with Crippen molar-refractivity contribution in [2.24, 2.45) is 0 Å². The zero-order valence-electron chi connectivity index (χ0n) is 10.1. The molecule has 0 aliphatic carbocycles. The van der Waals surface area contributed by atoms with Crippen molar-refractivity contribution in [3.63, 3.8) is 0 Å². The van der Waals surface area contributed by atoms with Crippen molar-refractivity contribution in [1.29, 1.82) is 0 Å². The zero-order chi connectivity index (χ0) is 16.8. The van der Waals surface area contributed by atoms with Crippen LogP contribution in [0.1, 0.15) is 0 Å². The zero-order valence-corrected chi connectivity index (χ0v) is 16.2. The first-order valence-electron chi connectivity index (χ1n) is 5.46. The van der Waals surface area contributed by atoms with Gasteiger partial charge in [0.2, 0.25) is 0 Å². The molecule has 22 heavy (non-hydrogen) atoms. The van der Waals surface area contributed by atoms with Crippen molar-refractivity contribution >= 4 is 38.5 Å². The minimum absolute atomic E-state index is 0.285. The third kappa shape index (κ3) is 2.88. The van der Waals surface area contributed by atoms with Crippen LogP contribution in [-0.4, -0.2) is 20.3 Å². The van der Waals surface area contributed by atoms with E-state index in [1.165, 1.54) is 0 Å². The minimum atomic E-state index is -4.34. The predicted octanol–water partition coefficient (Wildman–Crippen LogP) is 3.30. The molecule has 0 aliphatic heterocycles. The summed E-state index contributed by atoms with van der Waals surface area (Å²) in [5.74, 6) is -15.4. The topological polar surface area (TPSA) is 0 Å². The summed E-state index contributed by atoms with van der Waals surface area (Å²) in [6.07, 6.45) is 0. The second-order valence-corrected chi connectivity index (χ2v) is 19.8. The van der Waals surface area contributed by atoms with Crippen LogP contribution < -0.4 is 6.25 Å². The first-order chi connectivity index (χ1) is 10.2. The van der Waals surface area contributed by atoms with Gasteiger partial charge in [-0.3, -0.25) is 0 Å². The first-order valence-corrected chi connectivity index (χ1v) is 19.7. The van der Waals surface area contributed by atoms with Crippen LogP contribution in [0.15, 0.2) is 12.1 Å². The fourth-order valence-corrected chi connectivity index (χ4v) is 13.9. The van der Waals surface area contributed by atoms with Crippen LogP contribution in [0, 0.1) is 46.5 Å². The van der Waals surface area contributed by atoms with Gasteiger partial charge in [0.05, 0.1) is 0 Å². The summed E-state index contributed by atoms with van der Waals surface area (Å²) in [5.41, 5.74) is 0. The summed E-state index contributed by atoms with van der Waals surface area (Å²) >= 11 is -1.52. The molecular weight excluding hydrogens is 580 g/mol. The Kier molecular flexibility index (Phi) is 5.14. The molecule has 0 heterocycles. The molecule has 10 heteroatoms. The van der Waals surface area contributed by atoms with Gasteiger partial charge in [-0.2, -0.15) is 0 Å². The van der Waals surface area contributed by atoms with Crippen molar-refractivity contribution in [3.8, 4) is 0 Å². The summed E-state index contributed by atoms with van der Waals surface area (Å²) in [5, 5.41) is 0. The van der Waals surface area contributed by atoms with Crippen LogP contribution in [0.5, 0.6) is 0 Å². The molecule has 0 aliphatic rings. The Morgan fingerprint density at radius 1 is 0.545 bits per heavy atom. The molecule has 0 unspecified atom stereocenters. The van der Waals surface area contributed by atoms with Gasteiger partial charge in [0.15, 0.2) is 0 Å². The van der Waals surface area contributed by atoms with E-state index >= 15 is 0 Å². The van der Waals surface area contributed by atoms with E-state index in [1.54, 1.807) is 0 Å². The maximum absolute atomic E-state index is 13.7. The third-order valence-electron chi connectivity index (χ3n) is 2.81. The van der Waals surface area contributed by atoms with Crippen LogP contribution in [-0.2, 0) is 0 Å². The molecule has 116 valence electrons. The van der Waals surface area contributed by atoms with Crippen LogP contribution in [0.3, 0.4) is 0 Å². The summed E-state index contributed by atoms with van der Waals surface area (Å²) in [7, 11) is 0. The van der Waals surface area contributed by atoms with Crippen LogP contribution >= 0.6 is 12.0 Å². The van der Waals surface area contributed by atoms with E-state index in [0.29, 0.717) is 0 Å². The van der Waals surface area contributed by atoms with Crippen molar-refractivity contribution in [2.45, 2.75) is 0 Å². The molecule has 0 bridgehead atoms. The number of hydrogen-bond donors (Lipinski definition) is 0. The van der Waals surface area contributed by atoms with E-state index in [9.17, 15) is 35.1 Å². The molecule has 0 aromatic heterocycles. The maximum atomic E-state index is 13.7. The summed E-state index contributed by atoms with van der Waals surface area (Å²) in [4.78, 5) is 0. The molecule has 0 radical (unpaired) electrons. The Labute approximate surface area is 132 Å². The van der Waals surface area contributed by atoms with Crippen LogP contribution in [0.25, 0.3) is 0 Å². The van der Waals surface area contributed by atoms with Gasteiger partial charge < -0.3 is 0 Å². The van der Waals surface area contributed by atoms with Crippen molar-refractivity contribution in [3.05, 3.63) is 58.7 Å². The van der Waals surface area contributed by atoms with Gasteiger partial charge in [0.1, 0.15) is 0 Å². The molecule has 0 N–H and O–H groups in total. The molecule has 0 saturated heterocycles. The Morgan fingerprint density at radius 3 is 1.18 bits per heavy atom. The monoisotopic (exact) mass is 582 g/mol. The SMILES string of the molecule is Fc1c[c]([Tl]([Br])[c]2cc(F)c(F)c(F)c2F)c(F)c(F)c1F. The van der Waals surface area contributed by atoms with Gasteiger partial charge >= 0.3 is 132 Å². The van der Waals surface area contributed by atoms with E-state index in [4.69, 9.17) is 0 Å².